The van der Waals surface area contributed by atoms with Gasteiger partial charge in [0.2, 0.25) is 5.91 Å². The number of hydrogen-bond donors (Lipinski definition) is 1. The van der Waals surface area contributed by atoms with E-state index in [1.165, 1.54) is 22.3 Å². The number of ether oxygens (including phenoxy) is 2. The van der Waals surface area contributed by atoms with Gasteiger partial charge in [-0.05, 0) is 34.4 Å². The van der Waals surface area contributed by atoms with Crippen LogP contribution in [0.3, 0.4) is 0 Å². The van der Waals surface area contributed by atoms with Gasteiger partial charge >= 0.3 is 0 Å². The summed E-state index contributed by atoms with van der Waals surface area (Å²) < 4.78 is 11.2. The van der Waals surface area contributed by atoms with Crippen molar-refractivity contribution >= 4 is 23.9 Å². The van der Waals surface area contributed by atoms with E-state index in [1.54, 1.807) is 18.0 Å². The quantitative estimate of drug-likeness (QED) is 0.494. The number of benzene rings is 3. The summed E-state index contributed by atoms with van der Waals surface area (Å²) in [5, 5.41) is 4.26. The summed E-state index contributed by atoms with van der Waals surface area (Å²) in [6.45, 7) is 1.04. The first-order valence-electron chi connectivity index (χ1n) is 9.81. The number of carbonyl (C=O) groups is 1. The van der Waals surface area contributed by atoms with E-state index in [1.807, 2.05) is 18.2 Å². The maximum atomic E-state index is 12.4. The zero-order valence-electron chi connectivity index (χ0n) is 16.2. The lowest BCUT2D eigenvalue weighted by molar-refractivity contribution is -0.118. The van der Waals surface area contributed by atoms with E-state index in [0.29, 0.717) is 30.5 Å². The molecule has 1 N–H and O–H groups in total. The SMILES string of the molecule is O=C(CSC1c2ccccc2-c2ccccc21)N/N=C\c1cccc2c1OCCO2. The molecule has 1 aliphatic carbocycles. The number of hydrogen-bond acceptors (Lipinski definition) is 5. The smallest absolute Gasteiger partial charge is 0.250 e. The first-order chi connectivity index (χ1) is 14.8. The van der Waals surface area contributed by atoms with Crippen molar-refractivity contribution in [3.63, 3.8) is 0 Å². The minimum absolute atomic E-state index is 0.139. The molecule has 0 aromatic heterocycles. The van der Waals surface area contributed by atoms with Crippen LogP contribution in [0.25, 0.3) is 11.1 Å². The van der Waals surface area contributed by atoms with E-state index >= 15 is 0 Å². The lowest BCUT2D eigenvalue weighted by Gasteiger charge is -2.19. The van der Waals surface area contributed by atoms with E-state index in [4.69, 9.17) is 9.47 Å². The van der Waals surface area contributed by atoms with Crippen molar-refractivity contribution in [2.24, 2.45) is 5.10 Å². The summed E-state index contributed by atoms with van der Waals surface area (Å²) in [5.41, 5.74) is 8.41. The number of thioether (sulfide) groups is 1. The highest BCUT2D eigenvalue weighted by Gasteiger charge is 2.28. The summed E-state index contributed by atoms with van der Waals surface area (Å²) >= 11 is 1.62. The van der Waals surface area contributed by atoms with Crippen LogP contribution in [-0.2, 0) is 4.79 Å². The molecular formula is C24H20N2O3S. The Morgan fingerprint density at radius 2 is 1.67 bits per heavy atom. The van der Waals surface area contributed by atoms with Crippen molar-refractivity contribution in [2.75, 3.05) is 19.0 Å². The van der Waals surface area contributed by atoms with Crippen LogP contribution in [0.2, 0.25) is 0 Å². The van der Waals surface area contributed by atoms with E-state index in [9.17, 15) is 4.79 Å². The Labute approximate surface area is 179 Å². The Bertz CT molecular complexity index is 1080. The Hall–Kier alpha value is -3.25. The van der Waals surface area contributed by atoms with Crippen LogP contribution in [0.15, 0.2) is 71.8 Å². The van der Waals surface area contributed by atoms with Gasteiger partial charge in [-0.25, -0.2) is 5.43 Å². The molecule has 0 saturated heterocycles. The molecule has 0 bridgehead atoms. The van der Waals surface area contributed by atoms with Crippen molar-refractivity contribution in [1.82, 2.24) is 5.43 Å². The number of nitrogens with one attached hydrogen (secondary N) is 1. The van der Waals surface area contributed by atoms with Gasteiger partial charge in [0, 0.05) is 5.56 Å². The second kappa shape index (κ2) is 8.24. The summed E-state index contributed by atoms with van der Waals surface area (Å²) in [4.78, 5) is 12.4. The Morgan fingerprint density at radius 3 is 2.43 bits per heavy atom. The van der Waals surface area contributed by atoms with Gasteiger partial charge in [-0.3, -0.25) is 4.79 Å². The normalized spacial score (nSPS) is 14.4. The summed E-state index contributed by atoms with van der Waals surface area (Å²) in [5.74, 6) is 1.54. The molecule has 0 spiro atoms. The molecule has 3 aromatic carbocycles. The predicted octanol–water partition coefficient (Wildman–Crippen LogP) is 4.41. The lowest BCUT2D eigenvalue weighted by atomic mass is 10.1. The fourth-order valence-corrected chi connectivity index (χ4v) is 5.00. The Morgan fingerprint density at radius 1 is 0.967 bits per heavy atom. The molecular weight excluding hydrogens is 396 g/mol. The van der Waals surface area contributed by atoms with Crippen molar-refractivity contribution in [2.45, 2.75) is 5.25 Å². The molecule has 0 fully saturated rings. The molecule has 1 heterocycles. The zero-order valence-corrected chi connectivity index (χ0v) is 17.0. The van der Waals surface area contributed by atoms with Crippen LogP contribution in [0.5, 0.6) is 11.5 Å². The van der Waals surface area contributed by atoms with Gasteiger partial charge in [-0.2, -0.15) is 5.10 Å². The van der Waals surface area contributed by atoms with Crippen LogP contribution in [-0.4, -0.2) is 31.1 Å². The molecule has 2 aliphatic rings. The minimum Gasteiger partial charge on any atom is -0.486 e. The van der Waals surface area contributed by atoms with Crippen LogP contribution in [0.4, 0.5) is 0 Å². The Kier molecular flexibility index (Phi) is 5.15. The van der Waals surface area contributed by atoms with Gasteiger partial charge in [0.15, 0.2) is 11.5 Å². The van der Waals surface area contributed by atoms with Crippen LogP contribution in [0.1, 0.15) is 21.9 Å². The highest BCUT2D eigenvalue weighted by atomic mass is 32.2. The summed E-state index contributed by atoms with van der Waals surface area (Å²) in [6.07, 6.45) is 1.59. The number of para-hydroxylation sites is 1. The largest absolute Gasteiger partial charge is 0.486 e. The third-order valence-electron chi connectivity index (χ3n) is 5.15. The highest BCUT2D eigenvalue weighted by Crippen LogP contribution is 2.49. The monoisotopic (exact) mass is 416 g/mol. The number of amides is 1. The topological polar surface area (TPSA) is 59.9 Å². The highest BCUT2D eigenvalue weighted by molar-refractivity contribution is 8.00. The summed E-state index contributed by atoms with van der Waals surface area (Å²) in [7, 11) is 0. The van der Waals surface area contributed by atoms with Crippen molar-refractivity contribution in [3.05, 3.63) is 83.4 Å². The number of hydrazone groups is 1. The second-order valence-electron chi connectivity index (χ2n) is 7.03. The number of fused-ring (bicyclic) bond motifs is 4. The number of nitrogens with zero attached hydrogens (tertiary/aromatic N) is 1. The zero-order chi connectivity index (χ0) is 20.3. The third-order valence-corrected chi connectivity index (χ3v) is 6.42. The first-order valence-corrected chi connectivity index (χ1v) is 10.9. The molecule has 3 aromatic rings. The maximum absolute atomic E-state index is 12.4. The molecule has 30 heavy (non-hydrogen) atoms. The lowest BCUT2D eigenvalue weighted by Crippen LogP contribution is -2.20. The van der Waals surface area contributed by atoms with Gasteiger partial charge < -0.3 is 9.47 Å². The Balaban J connectivity index is 1.24. The van der Waals surface area contributed by atoms with E-state index in [0.717, 1.165) is 5.56 Å². The fraction of sp³-hybridized carbons (Fsp3) is 0.167. The molecule has 5 nitrogen and oxygen atoms in total. The molecule has 0 unspecified atom stereocenters. The van der Waals surface area contributed by atoms with Gasteiger partial charge in [-0.15, -0.1) is 11.8 Å². The molecule has 1 amide bonds. The molecule has 1 aliphatic heterocycles. The number of carbonyl (C=O) groups excluding carboxylic acids is 1. The van der Waals surface area contributed by atoms with E-state index in [-0.39, 0.29) is 11.2 Å². The first kappa shape index (κ1) is 18.8. The van der Waals surface area contributed by atoms with E-state index < -0.39 is 0 Å². The minimum atomic E-state index is -0.139. The third kappa shape index (κ3) is 3.55. The molecule has 0 saturated carbocycles. The van der Waals surface area contributed by atoms with Crippen molar-refractivity contribution in [1.29, 1.82) is 0 Å². The maximum Gasteiger partial charge on any atom is 0.250 e. The van der Waals surface area contributed by atoms with Crippen LogP contribution < -0.4 is 14.9 Å². The second-order valence-corrected chi connectivity index (χ2v) is 8.12. The molecule has 150 valence electrons. The average Bonchev–Trinajstić information content (AvgIpc) is 3.12. The molecule has 5 rings (SSSR count). The van der Waals surface area contributed by atoms with Crippen LogP contribution in [0, 0.1) is 0 Å². The molecule has 0 radical (unpaired) electrons. The number of rotatable bonds is 5. The van der Waals surface area contributed by atoms with Crippen molar-refractivity contribution < 1.29 is 14.3 Å². The van der Waals surface area contributed by atoms with Gasteiger partial charge in [0.25, 0.3) is 0 Å². The fourth-order valence-electron chi connectivity index (χ4n) is 3.85. The average molecular weight is 417 g/mol. The standard InChI is InChI=1S/C24H20N2O3S/c27-22(26-25-14-16-6-5-11-21-23(16)29-13-12-28-21)15-30-24-19-9-3-1-7-17(19)18-8-2-4-10-20(18)24/h1-11,14,24H,12-13,15H2,(H,26,27)/b25-14-. The van der Waals surface area contributed by atoms with E-state index in [2.05, 4.69) is 59.1 Å². The van der Waals surface area contributed by atoms with Gasteiger partial charge in [0.1, 0.15) is 13.2 Å². The van der Waals surface area contributed by atoms with Crippen LogP contribution >= 0.6 is 11.8 Å². The molecule has 0 atom stereocenters. The van der Waals surface area contributed by atoms with Crippen molar-refractivity contribution in [3.8, 4) is 22.6 Å². The van der Waals surface area contributed by atoms with Gasteiger partial charge in [-0.1, -0.05) is 54.6 Å². The molecule has 6 heteroatoms. The predicted molar refractivity (Wildman–Crippen MR) is 119 cm³/mol. The van der Waals surface area contributed by atoms with Gasteiger partial charge in [0.05, 0.1) is 17.2 Å². The summed E-state index contributed by atoms with van der Waals surface area (Å²) in [6, 6.07) is 22.4.